The van der Waals surface area contributed by atoms with Gasteiger partial charge in [0.1, 0.15) is 24.0 Å². The number of thioether (sulfide) groups is 1. The Morgan fingerprint density at radius 2 is 2.00 bits per heavy atom. The van der Waals surface area contributed by atoms with Gasteiger partial charge < -0.3 is 31.1 Å². The van der Waals surface area contributed by atoms with Crippen molar-refractivity contribution in [1.29, 1.82) is 0 Å². The molecule has 15 heteroatoms. The number of nitrogens with one attached hydrogen (secondary N) is 2. The topological polar surface area (TPSA) is 193 Å². The van der Waals surface area contributed by atoms with Crippen LogP contribution in [0.25, 0.3) is 0 Å². The number of aliphatic hydroxyl groups is 3. The van der Waals surface area contributed by atoms with Crippen molar-refractivity contribution in [3.05, 3.63) is 47.7 Å². The van der Waals surface area contributed by atoms with Crippen LogP contribution in [0, 0.1) is 5.41 Å². The predicted molar refractivity (Wildman–Crippen MR) is 149 cm³/mol. The van der Waals surface area contributed by atoms with Gasteiger partial charge in [-0.3, -0.25) is 18.7 Å². The van der Waals surface area contributed by atoms with Gasteiger partial charge in [0, 0.05) is 18.5 Å². The second kappa shape index (κ2) is 13.4. The summed E-state index contributed by atoms with van der Waals surface area (Å²) in [5.74, 6) is 0.153. The minimum atomic E-state index is -4.01. The average Bonchev–Trinajstić information content (AvgIpc) is 3.14. The summed E-state index contributed by atoms with van der Waals surface area (Å²) in [5.41, 5.74) is 4.42. The monoisotopic (exact) mass is 602 g/mol. The molecule has 3 rings (SSSR count). The Hall–Kier alpha value is -1.84. The van der Waals surface area contributed by atoms with E-state index in [1.54, 1.807) is 20.8 Å². The van der Waals surface area contributed by atoms with Crippen LogP contribution >= 0.6 is 19.5 Å². The van der Waals surface area contributed by atoms with Crippen molar-refractivity contribution in [3.63, 3.8) is 0 Å². The lowest BCUT2D eigenvalue weighted by Gasteiger charge is -2.37. The van der Waals surface area contributed by atoms with E-state index in [0.29, 0.717) is 5.57 Å². The number of carbonyl (C=O) groups is 2. The fourth-order valence-corrected chi connectivity index (χ4v) is 6.11. The molecule has 0 bridgehead atoms. The Morgan fingerprint density at radius 3 is 2.65 bits per heavy atom. The summed E-state index contributed by atoms with van der Waals surface area (Å²) >= 11 is 0.939. The molecule has 1 saturated heterocycles. The minimum absolute atomic E-state index is 0.121. The first kappa shape index (κ1) is 32.7. The van der Waals surface area contributed by atoms with Crippen molar-refractivity contribution in [2.24, 2.45) is 11.1 Å². The number of carbonyl (C=O) groups excluding carboxylic acids is 2. The van der Waals surface area contributed by atoms with Crippen LogP contribution in [0.4, 0.5) is 4.79 Å². The number of hydrogen-bond donors (Lipinski definition) is 6. The van der Waals surface area contributed by atoms with E-state index in [9.17, 15) is 29.5 Å². The second-order valence-electron chi connectivity index (χ2n) is 10.5. The lowest BCUT2D eigenvalue weighted by Crippen LogP contribution is -2.59. The summed E-state index contributed by atoms with van der Waals surface area (Å²) in [7, 11) is -4.01. The van der Waals surface area contributed by atoms with Crippen molar-refractivity contribution in [3.8, 4) is 0 Å². The van der Waals surface area contributed by atoms with Gasteiger partial charge in [0.05, 0.1) is 25.2 Å². The number of aliphatic hydroxyl groups excluding tert-OH is 2. The van der Waals surface area contributed by atoms with Crippen LogP contribution in [0.3, 0.4) is 0 Å². The van der Waals surface area contributed by atoms with Crippen molar-refractivity contribution in [2.75, 3.05) is 25.6 Å². The zero-order chi connectivity index (χ0) is 29.7. The van der Waals surface area contributed by atoms with E-state index in [4.69, 9.17) is 19.5 Å². The molecule has 0 aromatic heterocycles. The molecule has 40 heavy (non-hydrogen) atoms. The molecular weight excluding hydrogens is 563 g/mol. The molecule has 1 aromatic carbocycles. The fraction of sp³-hybridized carbons (Fsp3) is 0.600. The highest BCUT2D eigenvalue weighted by molar-refractivity contribution is 8.13. The molecule has 0 aliphatic carbocycles. The first-order chi connectivity index (χ1) is 18.7. The highest BCUT2D eigenvalue weighted by Gasteiger charge is 2.56. The molecule has 224 valence electrons. The molecule has 2 aliphatic heterocycles. The average molecular weight is 603 g/mol. The lowest BCUT2D eigenvalue weighted by atomic mass is 9.96. The normalized spacial score (nSPS) is 28.6. The lowest BCUT2D eigenvalue weighted by molar-refractivity contribution is -0.119. The largest absolute Gasteiger partial charge is 0.405 e. The van der Waals surface area contributed by atoms with Gasteiger partial charge in [-0.05, 0) is 38.8 Å². The second-order valence-corrected chi connectivity index (χ2v) is 13.4. The molecule has 2 amide bonds. The summed E-state index contributed by atoms with van der Waals surface area (Å²) in [5, 5.41) is 36.3. The van der Waals surface area contributed by atoms with E-state index >= 15 is 0 Å². The number of benzene rings is 1. The molecule has 7 N–H and O–H groups in total. The molecular formula is C25H39N4O9PS. The third kappa shape index (κ3) is 7.91. The van der Waals surface area contributed by atoms with E-state index in [1.807, 2.05) is 30.3 Å². The van der Waals surface area contributed by atoms with E-state index in [-0.39, 0.29) is 30.6 Å². The number of rotatable bonds is 13. The highest BCUT2D eigenvalue weighted by atomic mass is 32.2. The van der Waals surface area contributed by atoms with Crippen molar-refractivity contribution >= 4 is 30.7 Å². The molecule has 1 aromatic rings. The van der Waals surface area contributed by atoms with Crippen LogP contribution in [0.5, 0.6) is 0 Å². The molecule has 0 radical (unpaired) electrons. The van der Waals surface area contributed by atoms with Crippen LogP contribution in [0.2, 0.25) is 0 Å². The molecule has 1 fully saturated rings. The minimum Gasteiger partial charge on any atom is -0.395 e. The van der Waals surface area contributed by atoms with Gasteiger partial charge >= 0.3 is 13.8 Å². The van der Waals surface area contributed by atoms with Crippen molar-refractivity contribution < 1.29 is 43.3 Å². The third-order valence-corrected chi connectivity index (χ3v) is 9.35. The van der Waals surface area contributed by atoms with Crippen LogP contribution in [0.15, 0.2) is 42.1 Å². The maximum atomic E-state index is 13.6. The number of nitrogens with two attached hydrogens (primary N) is 1. The number of nitrogens with zero attached hydrogens (tertiary/aromatic N) is 1. The van der Waals surface area contributed by atoms with Crippen molar-refractivity contribution in [1.82, 2.24) is 15.3 Å². The summed E-state index contributed by atoms with van der Waals surface area (Å²) in [4.78, 5) is 25.9. The van der Waals surface area contributed by atoms with E-state index < -0.39 is 56.0 Å². The third-order valence-electron chi connectivity index (χ3n) is 6.61. The van der Waals surface area contributed by atoms with Gasteiger partial charge in [-0.15, -0.1) is 0 Å². The molecule has 2 aliphatic rings. The molecule has 0 saturated carbocycles. The smallest absolute Gasteiger partial charge is 0.395 e. The maximum absolute atomic E-state index is 13.6. The summed E-state index contributed by atoms with van der Waals surface area (Å²) in [6, 6.07) is 8.50. The Bertz CT molecular complexity index is 1120. The van der Waals surface area contributed by atoms with E-state index in [1.165, 1.54) is 13.1 Å². The number of hydrogen-bond acceptors (Lipinski definition) is 11. The number of ether oxygens (including phenoxy) is 1. The molecule has 2 heterocycles. The zero-order valence-electron chi connectivity index (χ0n) is 23.0. The van der Waals surface area contributed by atoms with Crippen LogP contribution < -0.4 is 16.1 Å². The van der Waals surface area contributed by atoms with Crippen LogP contribution in [-0.4, -0.2) is 87.1 Å². The number of amides is 2. The Balaban J connectivity index is 1.67. The standard InChI is InChI=1S/C25H39N4O9PS/c1-16-13-29(23(33)28-20(16)26)21-25(4,34)19(31)18(38-21)14-37-39(35,27-12-17-8-6-5-7-9-17)36-10-11-40-22(32)24(2,3)15-30/h5-9,13,18-21,30-31,34H,10-12,14-15,26H2,1-4H3,(H,27,35)(H,28,33)/t18-,19?,20?,21-,25+,39?/m1/s1. The summed E-state index contributed by atoms with van der Waals surface area (Å²) in [6.07, 6.45) is -3.22. The fourth-order valence-electron chi connectivity index (χ4n) is 3.87. The molecule has 0 spiro atoms. The Kier molecular flexibility index (Phi) is 11.0. The summed E-state index contributed by atoms with van der Waals surface area (Å²) in [6.45, 7) is 5.50. The molecule has 13 nitrogen and oxygen atoms in total. The molecule has 6 atom stereocenters. The quantitative estimate of drug-likeness (QED) is 0.140. The summed E-state index contributed by atoms with van der Waals surface area (Å²) < 4.78 is 30.7. The van der Waals surface area contributed by atoms with Crippen molar-refractivity contribution in [2.45, 2.75) is 64.4 Å². The van der Waals surface area contributed by atoms with Gasteiger partial charge in [-0.2, -0.15) is 0 Å². The maximum Gasteiger partial charge on any atom is 0.405 e. The Labute approximate surface area is 238 Å². The van der Waals surface area contributed by atoms with E-state index in [2.05, 4.69) is 10.4 Å². The van der Waals surface area contributed by atoms with Crippen LogP contribution in [0.1, 0.15) is 33.3 Å². The zero-order valence-corrected chi connectivity index (χ0v) is 24.7. The van der Waals surface area contributed by atoms with Gasteiger partial charge in [0.15, 0.2) is 11.3 Å². The van der Waals surface area contributed by atoms with Gasteiger partial charge in [-0.25, -0.2) is 14.4 Å². The van der Waals surface area contributed by atoms with Gasteiger partial charge in [-0.1, -0.05) is 42.1 Å². The van der Waals surface area contributed by atoms with E-state index in [0.717, 1.165) is 22.2 Å². The van der Waals surface area contributed by atoms with Gasteiger partial charge in [0.25, 0.3) is 0 Å². The molecule has 3 unspecified atom stereocenters. The highest BCUT2D eigenvalue weighted by Crippen LogP contribution is 2.46. The first-order valence-electron chi connectivity index (χ1n) is 12.7. The Morgan fingerprint density at radius 1 is 1.32 bits per heavy atom. The number of urea groups is 1. The van der Waals surface area contributed by atoms with Crippen LogP contribution in [-0.2, 0) is 29.7 Å². The predicted octanol–water partition coefficient (Wildman–Crippen LogP) is 1.25. The van der Waals surface area contributed by atoms with Gasteiger partial charge in [0.2, 0.25) is 0 Å². The SMILES string of the molecule is CC1=CN([C@@H]2O[C@H](COP(=O)(NCc3ccccc3)OCCSC(=O)C(C)(C)CO)C(O)[C@]2(C)O)C(=O)NC1N. The first-order valence-corrected chi connectivity index (χ1v) is 15.3.